The highest BCUT2D eigenvalue weighted by atomic mass is 35.5. The molecule has 0 fully saturated rings. The molecule has 0 N–H and O–H groups in total. The topological polar surface area (TPSA) is 63.9 Å². The van der Waals surface area contributed by atoms with Gasteiger partial charge in [-0.2, -0.15) is 0 Å². The van der Waals surface area contributed by atoms with Crippen molar-refractivity contribution >= 4 is 45.7 Å². The number of anilines is 1. The number of amides is 1. The third kappa shape index (κ3) is 5.71. The number of rotatable bonds is 9. The zero-order chi connectivity index (χ0) is 23.2. The highest BCUT2D eigenvalue weighted by Gasteiger charge is 2.21. The van der Waals surface area contributed by atoms with Gasteiger partial charge in [0.2, 0.25) is 5.91 Å². The minimum absolute atomic E-state index is 0.0494. The van der Waals surface area contributed by atoms with E-state index in [1.165, 1.54) is 23.1 Å². The van der Waals surface area contributed by atoms with Crippen molar-refractivity contribution in [3.05, 3.63) is 89.0 Å². The molecule has 0 atom stereocenters. The number of benzene rings is 2. The monoisotopic (exact) mass is 495 g/mol. The van der Waals surface area contributed by atoms with E-state index in [4.69, 9.17) is 16.6 Å². The van der Waals surface area contributed by atoms with E-state index in [1.807, 2.05) is 71.5 Å². The molecule has 0 aliphatic heterocycles. The van der Waals surface area contributed by atoms with Crippen molar-refractivity contribution in [2.24, 2.45) is 0 Å². The first kappa shape index (κ1) is 23.2. The van der Waals surface area contributed by atoms with Gasteiger partial charge in [-0.05, 0) is 24.6 Å². The van der Waals surface area contributed by atoms with Crippen LogP contribution in [0.15, 0.2) is 77.8 Å². The van der Waals surface area contributed by atoms with Gasteiger partial charge in [-0.3, -0.25) is 9.69 Å². The number of halogens is 1. The Labute approximate surface area is 206 Å². The van der Waals surface area contributed by atoms with Gasteiger partial charge in [0.05, 0.1) is 18.0 Å². The van der Waals surface area contributed by atoms with Gasteiger partial charge >= 0.3 is 0 Å². The standard InChI is InChI=1S/C24H22ClN5OS2/c1-3-13-29-17(2)27-28-24(29)33-16-22(31)30(14-18-7-5-4-6-8-18)23-26-21(15-32-23)19-9-11-20(25)12-10-19/h3-12,15H,1,13-14,16H2,2H3. The molecule has 0 aliphatic rings. The number of allylic oxidation sites excluding steroid dienone is 1. The van der Waals surface area contributed by atoms with Crippen LogP contribution in [0.2, 0.25) is 5.02 Å². The Balaban J connectivity index is 1.57. The smallest absolute Gasteiger partial charge is 0.239 e. The Morgan fingerprint density at radius 1 is 1.18 bits per heavy atom. The van der Waals surface area contributed by atoms with Crippen LogP contribution in [0.4, 0.5) is 5.13 Å². The number of hydrogen-bond donors (Lipinski definition) is 0. The average molecular weight is 496 g/mol. The molecular formula is C24H22ClN5OS2. The van der Waals surface area contributed by atoms with Gasteiger partial charge < -0.3 is 4.57 Å². The van der Waals surface area contributed by atoms with E-state index in [9.17, 15) is 4.79 Å². The fourth-order valence-electron chi connectivity index (χ4n) is 3.18. The van der Waals surface area contributed by atoms with E-state index in [0.717, 1.165) is 22.6 Å². The second kappa shape index (κ2) is 10.8. The number of hydrogen-bond acceptors (Lipinski definition) is 6. The molecule has 6 nitrogen and oxygen atoms in total. The van der Waals surface area contributed by atoms with Crippen LogP contribution in [-0.2, 0) is 17.9 Å². The summed E-state index contributed by atoms with van der Waals surface area (Å²) in [5.41, 5.74) is 2.80. The number of thiazole rings is 1. The molecule has 2 heterocycles. The zero-order valence-corrected chi connectivity index (χ0v) is 20.4. The predicted octanol–water partition coefficient (Wildman–Crippen LogP) is 5.87. The quantitative estimate of drug-likeness (QED) is 0.214. The van der Waals surface area contributed by atoms with Gasteiger partial charge in [0.1, 0.15) is 5.82 Å². The first-order valence-corrected chi connectivity index (χ1v) is 12.5. The van der Waals surface area contributed by atoms with E-state index >= 15 is 0 Å². The molecular weight excluding hydrogens is 474 g/mol. The lowest BCUT2D eigenvalue weighted by molar-refractivity contribution is -0.116. The van der Waals surface area contributed by atoms with E-state index in [1.54, 1.807) is 11.0 Å². The molecule has 0 saturated heterocycles. The second-order valence-corrected chi connectivity index (χ2v) is 9.42. The van der Waals surface area contributed by atoms with Crippen LogP contribution in [0.25, 0.3) is 11.3 Å². The Morgan fingerprint density at radius 2 is 1.94 bits per heavy atom. The van der Waals surface area contributed by atoms with Crippen molar-refractivity contribution in [2.45, 2.75) is 25.2 Å². The molecule has 2 aromatic heterocycles. The lowest BCUT2D eigenvalue weighted by atomic mass is 10.2. The van der Waals surface area contributed by atoms with Crippen LogP contribution < -0.4 is 4.90 Å². The molecule has 1 amide bonds. The highest BCUT2D eigenvalue weighted by molar-refractivity contribution is 7.99. The summed E-state index contributed by atoms with van der Waals surface area (Å²) >= 11 is 8.83. The molecule has 0 spiro atoms. The Kier molecular flexibility index (Phi) is 7.59. The maximum atomic E-state index is 13.4. The van der Waals surface area contributed by atoms with Gasteiger partial charge in [-0.1, -0.05) is 71.9 Å². The van der Waals surface area contributed by atoms with Crippen LogP contribution in [0.3, 0.4) is 0 Å². The van der Waals surface area contributed by atoms with Crippen LogP contribution in [0.1, 0.15) is 11.4 Å². The molecule has 33 heavy (non-hydrogen) atoms. The summed E-state index contributed by atoms with van der Waals surface area (Å²) in [5, 5.41) is 12.3. The number of carbonyl (C=O) groups is 1. The number of thioether (sulfide) groups is 1. The minimum Gasteiger partial charge on any atom is -0.302 e. The molecule has 0 saturated carbocycles. The Morgan fingerprint density at radius 3 is 2.67 bits per heavy atom. The minimum atomic E-state index is -0.0494. The van der Waals surface area contributed by atoms with Crippen molar-refractivity contribution in [1.29, 1.82) is 0 Å². The summed E-state index contributed by atoms with van der Waals surface area (Å²) in [6, 6.07) is 17.4. The molecule has 0 bridgehead atoms. The van der Waals surface area contributed by atoms with Gasteiger partial charge in [0.25, 0.3) is 0 Å². The lowest BCUT2D eigenvalue weighted by Crippen LogP contribution is -2.32. The average Bonchev–Trinajstić information content (AvgIpc) is 3.45. The predicted molar refractivity (Wildman–Crippen MR) is 136 cm³/mol. The Bertz CT molecular complexity index is 1240. The van der Waals surface area contributed by atoms with E-state index in [0.29, 0.717) is 28.4 Å². The molecule has 4 aromatic rings. The first-order valence-electron chi connectivity index (χ1n) is 10.2. The molecule has 0 radical (unpaired) electrons. The van der Waals surface area contributed by atoms with E-state index in [2.05, 4.69) is 16.8 Å². The van der Waals surface area contributed by atoms with Crippen LogP contribution >= 0.6 is 34.7 Å². The summed E-state index contributed by atoms with van der Waals surface area (Å²) in [5.74, 6) is 0.961. The fourth-order valence-corrected chi connectivity index (χ4v) is 5.03. The maximum absolute atomic E-state index is 13.4. The van der Waals surface area contributed by atoms with Crippen LogP contribution in [0, 0.1) is 6.92 Å². The van der Waals surface area contributed by atoms with E-state index in [-0.39, 0.29) is 11.7 Å². The van der Waals surface area contributed by atoms with Gasteiger partial charge in [0, 0.05) is 22.5 Å². The molecule has 0 aliphatic carbocycles. The third-order valence-corrected chi connectivity index (χ3v) is 6.95. The summed E-state index contributed by atoms with van der Waals surface area (Å²) < 4.78 is 1.94. The third-order valence-electron chi connectivity index (χ3n) is 4.89. The zero-order valence-electron chi connectivity index (χ0n) is 18.0. The maximum Gasteiger partial charge on any atom is 0.239 e. The fraction of sp³-hybridized carbons (Fsp3) is 0.167. The van der Waals surface area contributed by atoms with Crippen LogP contribution in [0.5, 0.6) is 0 Å². The molecule has 4 rings (SSSR count). The van der Waals surface area contributed by atoms with E-state index < -0.39 is 0 Å². The van der Waals surface area contributed by atoms with Crippen molar-refractivity contribution < 1.29 is 4.79 Å². The van der Waals surface area contributed by atoms with Crippen molar-refractivity contribution in [1.82, 2.24) is 19.7 Å². The van der Waals surface area contributed by atoms with Crippen LogP contribution in [-0.4, -0.2) is 31.4 Å². The molecule has 0 unspecified atom stereocenters. The molecule has 168 valence electrons. The summed E-state index contributed by atoms with van der Waals surface area (Å²) in [6.45, 7) is 6.71. The second-order valence-electron chi connectivity index (χ2n) is 7.21. The van der Waals surface area contributed by atoms with Crippen molar-refractivity contribution in [3.63, 3.8) is 0 Å². The van der Waals surface area contributed by atoms with Gasteiger partial charge in [-0.25, -0.2) is 4.98 Å². The van der Waals surface area contributed by atoms with Crippen molar-refractivity contribution in [3.8, 4) is 11.3 Å². The largest absolute Gasteiger partial charge is 0.302 e. The number of nitrogens with zero attached hydrogens (tertiary/aromatic N) is 5. The molecule has 9 heteroatoms. The summed E-state index contributed by atoms with van der Waals surface area (Å²) in [7, 11) is 0. The number of carbonyl (C=O) groups excluding carboxylic acids is 1. The van der Waals surface area contributed by atoms with Gasteiger partial charge in [-0.15, -0.1) is 28.1 Å². The van der Waals surface area contributed by atoms with Gasteiger partial charge in [0.15, 0.2) is 10.3 Å². The normalized spacial score (nSPS) is 10.8. The number of aryl methyl sites for hydroxylation is 1. The Hall–Kier alpha value is -2.94. The first-order chi connectivity index (χ1) is 16.0. The number of aromatic nitrogens is 4. The summed E-state index contributed by atoms with van der Waals surface area (Å²) in [4.78, 5) is 19.9. The van der Waals surface area contributed by atoms with Crippen molar-refractivity contribution in [2.75, 3.05) is 10.7 Å². The molecule has 2 aromatic carbocycles. The SMILES string of the molecule is C=CCn1c(C)nnc1SCC(=O)N(Cc1ccccc1)c1nc(-c2ccc(Cl)cc2)cs1. The summed E-state index contributed by atoms with van der Waals surface area (Å²) in [6.07, 6.45) is 1.79. The highest BCUT2D eigenvalue weighted by Crippen LogP contribution is 2.30. The lowest BCUT2D eigenvalue weighted by Gasteiger charge is -2.20.